The van der Waals surface area contributed by atoms with Crippen molar-refractivity contribution in [1.82, 2.24) is 5.32 Å². The number of aliphatic hydroxyl groups is 1. The number of hydrogen-bond acceptors (Lipinski definition) is 2. The van der Waals surface area contributed by atoms with Crippen LogP contribution >= 0.6 is 0 Å². The van der Waals surface area contributed by atoms with Gasteiger partial charge >= 0.3 is 0 Å². The largest absolute Gasteiger partial charge is 0.384 e. The summed E-state index contributed by atoms with van der Waals surface area (Å²) in [6.45, 7) is 5.90. The lowest BCUT2D eigenvalue weighted by Gasteiger charge is -2.26. The number of nitrogens with one attached hydrogen (secondary N) is 1. The van der Waals surface area contributed by atoms with Crippen molar-refractivity contribution >= 4 is 5.91 Å². The Labute approximate surface area is 120 Å². The standard InChI is InChI=1S/C17H21NO2/c1-12-6-7-13(5-4-10-19)11-15(12)16(20)18-17(2,3)14-8-9-14/h6-7,11,14,19H,8-10H2,1-3H3,(H,18,20). The van der Waals surface area contributed by atoms with Crippen molar-refractivity contribution < 1.29 is 9.90 Å². The molecule has 20 heavy (non-hydrogen) atoms. The van der Waals surface area contributed by atoms with Gasteiger partial charge in [0.25, 0.3) is 5.91 Å². The highest BCUT2D eigenvalue weighted by Gasteiger charge is 2.38. The fourth-order valence-electron chi connectivity index (χ4n) is 2.35. The zero-order chi connectivity index (χ0) is 14.8. The van der Waals surface area contributed by atoms with Crippen LogP contribution in [0.4, 0.5) is 0 Å². The van der Waals surface area contributed by atoms with Crippen LogP contribution < -0.4 is 5.32 Å². The molecule has 3 heteroatoms. The first kappa shape index (κ1) is 14.6. The second kappa shape index (κ2) is 5.68. The van der Waals surface area contributed by atoms with Crippen LogP contribution in [0.15, 0.2) is 18.2 Å². The highest BCUT2D eigenvalue weighted by atomic mass is 16.2. The number of aliphatic hydroxyl groups excluding tert-OH is 1. The van der Waals surface area contributed by atoms with E-state index in [1.165, 1.54) is 12.8 Å². The van der Waals surface area contributed by atoms with Crippen molar-refractivity contribution in [3.63, 3.8) is 0 Å². The number of hydrogen-bond donors (Lipinski definition) is 2. The molecule has 0 aromatic heterocycles. The van der Waals surface area contributed by atoms with Crippen LogP contribution in [-0.4, -0.2) is 23.2 Å². The number of amides is 1. The molecule has 0 aliphatic heterocycles. The van der Waals surface area contributed by atoms with Crippen molar-refractivity contribution in [2.75, 3.05) is 6.61 Å². The van der Waals surface area contributed by atoms with Gasteiger partial charge in [-0.05, 0) is 57.2 Å². The third kappa shape index (κ3) is 3.40. The van der Waals surface area contributed by atoms with Crippen LogP contribution in [-0.2, 0) is 0 Å². The minimum atomic E-state index is -0.176. The maximum absolute atomic E-state index is 12.4. The summed E-state index contributed by atoms with van der Waals surface area (Å²) in [6.07, 6.45) is 2.38. The average molecular weight is 271 g/mol. The van der Waals surface area contributed by atoms with Gasteiger partial charge in [0.15, 0.2) is 0 Å². The highest BCUT2D eigenvalue weighted by molar-refractivity contribution is 5.96. The van der Waals surface area contributed by atoms with E-state index in [9.17, 15) is 4.79 Å². The Hall–Kier alpha value is -1.79. The molecule has 3 nitrogen and oxygen atoms in total. The van der Waals surface area contributed by atoms with E-state index in [0.29, 0.717) is 11.5 Å². The molecule has 0 spiro atoms. The smallest absolute Gasteiger partial charge is 0.252 e. The van der Waals surface area contributed by atoms with Crippen LogP contribution in [0.1, 0.15) is 48.2 Å². The minimum absolute atomic E-state index is 0.0490. The summed E-state index contributed by atoms with van der Waals surface area (Å²) in [4.78, 5) is 12.4. The van der Waals surface area contributed by atoms with E-state index in [4.69, 9.17) is 5.11 Å². The summed E-state index contributed by atoms with van der Waals surface area (Å²) >= 11 is 0. The van der Waals surface area contributed by atoms with Gasteiger partial charge in [-0.1, -0.05) is 17.9 Å². The Morgan fingerprint density at radius 1 is 1.45 bits per heavy atom. The summed E-state index contributed by atoms with van der Waals surface area (Å²) in [5.41, 5.74) is 2.18. The summed E-state index contributed by atoms with van der Waals surface area (Å²) in [7, 11) is 0. The van der Waals surface area contributed by atoms with Crippen LogP contribution in [0.5, 0.6) is 0 Å². The fourth-order valence-corrected chi connectivity index (χ4v) is 2.35. The van der Waals surface area contributed by atoms with Gasteiger partial charge in [-0.3, -0.25) is 4.79 Å². The first-order valence-corrected chi connectivity index (χ1v) is 6.97. The Kier molecular flexibility index (Phi) is 4.15. The predicted octanol–water partition coefficient (Wildman–Crippen LogP) is 2.26. The Balaban J connectivity index is 2.20. The molecule has 2 rings (SSSR count). The maximum Gasteiger partial charge on any atom is 0.252 e. The Bertz CT molecular complexity index is 574. The second-order valence-electron chi connectivity index (χ2n) is 5.94. The number of benzene rings is 1. The second-order valence-corrected chi connectivity index (χ2v) is 5.94. The van der Waals surface area contributed by atoms with E-state index in [-0.39, 0.29) is 18.1 Å². The van der Waals surface area contributed by atoms with Gasteiger partial charge in [0.2, 0.25) is 0 Å². The van der Waals surface area contributed by atoms with E-state index < -0.39 is 0 Å². The summed E-state index contributed by atoms with van der Waals surface area (Å²) in [5, 5.41) is 11.9. The lowest BCUT2D eigenvalue weighted by Crippen LogP contribution is -2.45. The third-order valence-electron chi connectivity index (χ3n) is 3.83. The van der Waals surface area contributed by atoms with E-state index in [1.54, 1.807) is 6.07 Å². The van der Waals surface area contributed by atoms with Crippen LogP contribution in [0, 0.1) is 24.7 Å². The van der Waals surface area contributed by atoms with Crippen molar-refractivity contribution in [2.24, 2.45) is 5.92 Å². The zero-order valence-corrected chi connectivity index (χ0v) is 12.3. The van der Waals surface area contributed by atoms with Gasteiger partial charge in [0.05, 0.1) is 0 Å². The molecule has 1 amide bonds. The summed E-state index contributed by atoms with van der Waals surface area (Å²) in [5.74, 6) is 5.97. The molecule has 106 valence electrons. The van der Waals surface area contributed by atoms with Gasteiger partial charge in [0, 0.05) is 16.7 Å². The molecule has 2 N–H and O–H groups in total. The topological polar surface area (TPSA) is 49.3 Å². The van der Waals surface area contributed by atoms with Crippen molar-refractivity contribution in [3.8, 4) is 11.8 Å². The number of aryl methyl sites for hydroxylation is 1. The molecular formula is C17H21NO2. The van der Waals surface area contributed by atoms with E-state index >= 15 is 0 Å². The average Bonchev–Trinajstić information content (AvgIpc) is 3.21. The van der Waals surface area contributed by atoms with E-state index in [0.717, 1.165) is 11.1 Å². The maximum atomic E-state index is 12.4. The minimum Gasteiger partial charge on any atom is -0.384 e. The summed E-state index contributed by atoms with van der Waals surface area (Å²) < 4.78 is 0. The highest BCUT2D eigenvalue weighted by Crippen LogP contribution is 2.39. The monoisotopic (exact) mass is 271 g/mol. The Morgan fingerprint density at radius 2 is 2.15 bits per heavy atom. The molecule has 1 aromatic rings. The lowest BCUT2D eigenvalue weighted by molar-refractivity contribution is 0.0902. The summed E-state index contributed by atoms with van der Waals surface area (Å²) in [6, 6.07) is 5.54. The lowest BCUT2D eigenvalue weighted by atomic mass is 9.97. The molecule has 0 bridgehead atoms. The van der Waals surface area contributed by atoms with Crippen LogP contribution in [0.2, 0.25) is 0 Å². The van der Waals surface area contributed by atoms with E-state index in [1.807, 2.05) is 19.1 Å². The van der Waals surface area contributed by atoms with Gasteiger partial charge in [-0.15, -0.1) is 0 Å². The molecule has 1 aromatic carbocycles. The van der Waals surface area contributed by atoms with E-state index in [2.05, 4.69) is 31.0 Å². The normalized spacial score (nSPS) is 14.4. The van der Waals surface area contributed by atoms with Crippen LogP contribution in [0.3, 0.4) is 0 Å². The van der Waals surface area contributed by atoms with Gasteiger partial charge in [-0.2, -0.15) is 0 Å². The molecule has 1 fully saturated rings. The SMILES string of the molecule is Cc1ccc(C#CCO)cc1C(=O)NC(C)(C)C1CC1. The molecule has 0 atom stereocenters. The predicted molar refractivity (Wildman–Crippen MR) is 79.4 cm³/mol. The first-order chi connectivity index (χ1) is 9.44. The van der Waals surface area contributed by atoms with Gasteiger partial charge < -0.3 is 10.4 Å². The number of carbonyl (C=O) groups is 1. The zero-order valence-electron chi connectivity index (χ0n) is 12.3. The third-order valence-corrected chi connectivity index (χ3v) is 3.83. The molecule has 1 aliphatic carbocycles. The van der Waals surface area contributed by atoms with Gasteiger partial charge in [-0.25, -0.2) is 0 Å². The number of rotatable bonds is 3. The molecule has 0 saturated heterocycles. The quantitative estimate of drug-likeness (QED) is 0.828. The van der Waals surface area contributed by atoms with Gasteiger partial charge in [0.1, 0.15) is 6.61 Å². The molecule has 0 heterocycles. The molecule has 0 unspecified atom stereocenters. The molecule has 0 radical (unpaired) electrons. The molecular weight excluding hydrogens is 250 g/mol. The van der Waals surface area contributed by atoms with Crippen molar-refractivity contribution in [1.29, 1.82) is 0 Å². The number of carbonyl (C=O) groups excluding carboxylic acids is 1. The fraction of sp³-hybridized carbons (Fsp3) is 0.471. The first-order valence-electron chi connectivity index (χ1n) is 6.97. The van der Waals surface area contributed by atoms with Crippen LogP contribution in [0.25, 0.3) is 0 Å². The van der Waals surface area contributed by atoms with Crippen molar-refractivity contribution in [2.45, 2.75) is 39.2 Å². The molecule has 1 saturated carbocycles. The molecule has 1 aliphatic rings. The Morgan fingerprint density at radius 3 is 2.75 bits per heavy atom. The van der Waals surface area contributed by atoms with Crippen molar-refractivity contribution in [3.05, 3.63) is 34.9 Å².